The first-order valence-electron chi connectivity index (χ1n) is 10.8. The van der Waals surface area contributed by atoms with E-state index >= 15 is 0 Å². The molecule has 168 valence electrons. The lowest BCUT2D eigenvalue weighted by Crippen LogP contribution is -2.49. The SMILES string of the molecule is Cc1ccccc1-n1ncc(C(=O)NCCS(=O)(=O)N2CC(C)OC(C)C2)c1C1CC1. The maximum absolute atomic E-state index is 12.9. The van der Waals surface area contributed by atoms with E-state index in [0.717, 1.165) is 29.8 Å². The molecule has 1 aromatic heterocycles. The Hall–Kier alpha value is -2.23. The minimum absolute atomic E-state index is 0.0565. The van der Waals surface area contributed by atoms with Crippen LogP contribution in [0.3, 0.4) is 0 Å². The highest BCUT2D eigenvalue weighted by atomic mass is 32.2. The van der Waals surface area contributed by atoms with Crippen molar-refractivity contribution in [2.24, 2.45) is 0 Å². The molecule has 0 radical (unpaired) electrons. The van der Waals surface area contributed by atoms with Crippen LogP contribution in [-0.2, 0) is 14.8 Å². The largest absolute Gasteiger partial charge is 0.373 e. The fourth-order valence-electron chi connectivity index (χ4n) is 4.15. The van der Waals surface area contributed by atoms with Crippen molar-refractivity contribution in [1.29, 1.82) is 0 Å². The number of carbonyl (C=O) groups excluding carboxylic acids is 1. The van der Waals surface area contributed by atoms with Crippen LogP contribution in [0.15, 0.2) is 30.5 Å². The Bertz CT molecular complexity index is 1050. The number of morpholine rings is 1. The van der Waals surface area contributed by atoms with Crippen molar-refractivity contribution in [1.82, 2.24) is 19.4 Å². The van der Waals surface area contributed by atoms with Crippen molar-refractivity contribution < 1.29 is 17.9 Å². The molecule has 1 amide bonds. The van der Waals surface area contributed by atoms with Crippen molar-refractivity contribution in [2.75, 3.05) is 25.4 Å². The molecule has 2 unspecified atom stereocenters. The molecular formula is C22H30N4O4S. The topological polar surface area (TPSA) is 93.5 Å². The fraction of sp³-hybridized carbons (Fsp3) is 0.545. The number of para-hydroxylation sites is 1. The summed E-state index contributed by atoms with van der Waals surface area (Å²) in [6, 6.07) is 7.94. The second-order valence-corrected chi connectivity index (χ2v) is 10.7. The summed E-state index contributed by atoms with van der Waals surface area (Å²) < 4.78 is 34.4. The van der Waals surface area contributed by atoms with Gasteiger partial charge in [-0.05, 0) is 45.2 Å². The van der Waals surface area contributed by atoms with Crippen LogP contribution in [0.4, 0.5) is 0 Å². The zero-order valence-electron chi connectivity index (χ0n) is 18.2. The van der Waals surface area contributed by atoms with Gasteiger partial charge in [0.1, 0.15) is 0 Å². The number of nitrogens with one attached hydrogen (secondary N) is 1. The van der Waals surface area contributed by atoms with Crippen LogP contribution in [0.2, 0.25) is 0 Å². The zero-order valence-corrected chi connectivity index (χ0v) is 19.1. The number of aryl methyl sites for hydroxylation is 1. The lowest BCUT2D eigenvalue weighted by atomic mass is 10.1. The molecule has 9 heteroatoms. The van der Waals surface area contributed by atoms with E-state index in [1.165, 1.54) is 4.31 Å². The molecule has 1 aliphatic heterocycles. The van der Waals surface area contributed by atoms with Crippen LogP contribution in [0.5, 0.6) is 0 Å². The summed E-state index contributed by atoms with van der Waals surface area (Å²) >= 11 is 0. The summed E-state index contributed by atoms with van der Waals surface area (Å²) in [6.07, 6.45) is 3.37. The minimum Gasteiger partial charge on any atom is -0.373 e. The second kappa shape index (κ2) is 8.72. The molecule has 4 rings (SSSR count). The van der Waals surface area contributed by atoms with E-state index in [1.54, 1.807) is 6.20 Å². The molecular weight excluding hydrogens is 416 g/mol. The summed E-state index contributed by atoms with van der Waals surface area (Å²) in [5.74, 6) is -0.105. The Morgan fingerprint density at radius 1 is 1.19 bits per heavy atom. The maximum Gasteiger partial charge on any atom is 0.254 e. The first-order valence-corrected chi connectivity index (χ1v) is 12.4. The molecule has 8 nitrogen and oxygen atoms in total. The monoisotopic (exact) mass is 446 g/mol. The zero-order chi connectivity index (χ0) is 22.2. The van der Waals surface area contributed by atoms with Gasteiger partial charge in [-0.25, -0.2) is 13.1 Å². The van der Waals surface area contributed by atoms with Gasteiger partial charge < -0.3 is 10.1 Å². The second-order valence-electron chi connectivity index (χ2n) is 8.56. The molecule has 2 aliphatic rings. The predicted molar refractivity (Wildman–Crippen MR) is 118 cm³/mol. The quantitative estimate of drug-likeness (QED) is 0.704. The van der Waals surface area contributed by atoms with Crippen LogP contribution in [0.25, 0.3) is 5.69 Å². The number of amides is 1. The minimum atomic E-state index is -3.47. The molecule has 2 atom stereocenters. The average Bonchev–Trinajstić information content (AvgIpc) is 3.45. The Morgan fingerprint density at radius 3 is 2.52 bits per heavy atom. The number of rotatable bonds is 7. The van der Waals surface area contributed by atoms with Gasteiger partial charge in [0.2, 0.25) is 10.0 Å². The van der Waals surface area contributed by atoms with Gasteiger partial charge >= 0.3 is 0 Å². The summed E-state index contributed by atoms with van der Waals surface area (Å²) in [7, 11) is -3.47. The number of carbonyl (C=O) groups is 1. The van der Waals surface area contributed by atoms with Crippen molar-refractivity contribution in [3.63, 3.8) is 0 Å². The maximum atomic E-state index is 12.9. The number of hydrogen-bond donors (Lipinski definition) is 1. The van der Waals surface area contributed by atoms with Crippen LogP contribution in [0.1, 0.15) is 54.2 Å². The lowest BCUT2D eigenvalue weighted by molar-refractivity contribution is -0.0440. The molecule has 1 aliphatic carbocycles. The van der Waals surface area contributed by atoms with Gasteiger partial charge in [-0.15, -0.1) is 0 Å². The third kappa shape index (κ3) is 4.83. The van der Waals surface area contributed by atoms with E-state index in [9.17, 15) is 13.2 Å². The van der Waals surface area contributed by atoms with E-state index in [2.05, 4.69) is 10.4 Å². The highest BCUT2D eigenvalue weighted by Gasteiger charge is 2.34. The van der Waals surface area contributed by atoms with Crippen LogP contribution >= 0.6 is 0 Å². The highest BCUT2D eigenvalue weighted by molar-refractivity contribution is 7.89. The molecule has 31 heavy (non-hydrogen) atoms. The third-order valence-corrected chi connectivity index (χ3v) is 7.59. The number of aromatic nitrogens is 2. The molecule has 1 saturated carbocycles. The standard InChI is InChI=1S/C22H30N4O4S/c1-15-6-4-5-7-20(15)26-21(18-8-9-18)19(12-24-26)22(27)23-10-11-31(28,29)25-13-16(2)30-17(3)14-25/h4-7,12,16-18H,8-11,13-14H2,1-3H3,(H,23,27). The van der Waals surface area contributed by atoms with Gasteiger partial charge in [0, 0.05) is 25.6 Å². The summed E-state index contributed by atoms with van der Waals surface area (Å²) in [5.41, 5.74) is 3.48. The number of benzene rings is 1. The number of sulfonamides is 1. The molecule has 0 bridgehead atoms. The Balaban J connectivity index is 1.44. The van der Waals surface area contributed by atoms with E-state index in [4.69, 9.17) is 4.74 Å². The molecule has 2 fully saturated rings. The van der Waals surface area contributed by atoms with Gasteiger partial charge in [-0.1, -0.05) is 18.2 Å². The molecule has 1 saturated heterocycles. The number of ether oxygens (including phenoxy) is 1. The van der Waals surface area contributed by atoms with Gasteiger partial charge in [-0.3, -0.25) is 4.79 Å². The number of nitrogens with zero attached hydrogens (tertiary/aromatic N) is 3. The lowest BCUT2D eigenvalue weighted by Gasteiger charge is -2.34. The Kier molecular flexibility index (Phi) is 6.18. The summed E-state index contributed by atoms with van der Waals surface area (Å²) in [5, 5.41) is 7.28. The Labute approximate surface area is 183 Å². The fourth-order valence-corrected chi connectivity index (χ4v) is 5.64. The molecule has 1 aromatic carbocycles. The van der Waals surface area contributed by atoms with Crippen molar-refractivity contribution >= 4 is 15.9 Å². The first kappa shape index (κ1) is 22.0. The smallest absolute Gasteiger partial charge is 0.254 e. The van der Waals surface area contributed by atoms with E-state index in [1.807, 2.05) is 49.7 Å². The van der Waals surface area contributed by atoms with Gasteiger partial charge in [0.25, 0.3) is 5.91 Å². The molecule has 0 spiro atoms. The van der Waals surface area contributed by atoms with Crippen LogP contribution < -0.4 is 5.32 Å². The van der Waals surface area contributed by atoms with E-state index in [0.29, 0.717) is 24.6 Å². The van der Waals surface area contributed by atoms with Crippen LogP contribution in [0, 0.1) is 6.92 Å². The van der Waals surface area contributed by atoms with Gasteiger partial charge in [0.15, 0.2) is 0 Å². The molecule has 2 aromatic rings. The predicted octanol–water partition coefficient (Wildman–Crippen LogP) is 2.23. The van der Waals surface area contributed by atoms with Crippen molar-refractivity contribution in [3.05, 3.63) is 47.3 Å². The summed E-state index contributed by atoms with van der Waals surface area (Å²) in [6.45, 7) is 6.49. The molecule has 1 N–H and O–H groups in total. The van der Waals surface area contributed by atoms with Crippen LogP contribution in [-0.4, -0.2) is 66.0 Å². The third-order valence-electron chi connectivity index (χ3n) is 5.78. The van der Waals surface area contributed by atoms with Gasteiger partial charge in [-0.2, -0.15) is 9.40 Å². The normalized spacial score (nSPS) is 22.4. The summed E-state index contributed by atoms with van der Waals surface area (Å²) in [4.78, 5) is 12.9. The highest BCUT2D eigenvalue weighted by Crippen LogP contribution is 2.42. The van der Waals surface area contributed by atoms with E-state index in [-0.39, 0.29) is 30.4 Å². The molecule has 2 heterocycles. The average molecular weight is 447 g/mol. The Morgan fingerprint density at radius 2 is 1.87 bits per heavy atom. The van der Waals surface area contributed by atoms with E-state index < -0.39 is 10.0 Å². The van der Waals surface area contributed by atoms with Crippen molar-refractivity contribution in [2.45, 2.75) is 51.7 Å². The van der Waals surface area contributed by atoms with Crippen molar-refractivity contribution in [3.8, 4) is 5.69 Å². The first-order chi connectivity index (χ1) is 14.8. The number of hydrogen-bond acceptors (Lipinski definition) is 5. The van der Waals surface area contributed by atoms with Gasteiger partial charge in [0.05, 0.1) is 41.1 Å².